The Balaban J connectivity index is 2.47. The SMILES string of the molecule is COc1cc(CO)cc2c1CCCO2. The Morgan fingerprint density at radius 2 is 2.36 bits per heavy atom. The highest BCUT2D eigenvalue weighted by Crippen LogP contribution is 2.34. The van der Waals surface area contributed by atoms with Gasteiger partial charge in [0, 0.05) is 5.56 Å². The number of benzene rings is 1. The quantitative estimate of drug-likeness (QED) is 0.775. The smallest absolute Gasteiger partial charge is 0.126 e. The summed E-state index contributed by atoms with van der Waals surface area (Å²) in [6, 6.07) is 3.75. The minimum Gasteiger partial charge on any atom is -0.496 e. The molecule has 0 atom stereocenters. The molecule has 0 radical (unpaired) electrons. The van der Waals surface area contributed by atoms with E-state index in [9.17, 15) is 0 Å². The first kappa shape index (κ1) is 9.34. The zero-order chi connectivity index (χ0) is 9.97. The number of aliphatic hydroxyl groups is 1. The molecular weight excluding hydrogens is 180 g/mol. The highest BCUT2D eigenvalue weighted by molar-refractivity contribution is 5.48. The fraction of sp³-hybridized carbons (Fsp3) is 0.455. The molecule has 1 N–H and O–H groups in total. The molecule has 0 spiro atoms. The lowest BCUT2D eigenvalue weighted by Crippen LogP contribution is -2.10. The van der Waals surface area contributed by atoms with Gasteiger partial charge in [0.2, 0.25) is 0 Å². The van der Waals surface area contributed by atoms with Gasteiger partial charge in [0.05, 0.1) is 20.3 Å². The van der Waals surface area contributed by atoms with Crippen molar-refractivity contribution in [1.29, 1.82) is 0 Å². The molecule has 14 heavy (non-hydrogen) atoms. The minimum absolute atomic E-state index is 0.0208. The summed E-state index contributed by atoms with van der Waals surface area (Å²) in [6.07, 6.45) is 2.02. The molecule has 0 fully saturated rings. The number of fused-ring (bicyclic) bond motifs is 1. The number of aliphatic hydroxyl groups excluding tert-OH is 1. The van der Waals surface area contributed by atoms with Gasteiger partial charge in [0.15, 0.2) is 0 Å². The molecule has 0 unspecified atom stereocenters. The lowest BCUT2D eigenvalue weighted by Gasteiger charge is -2.20. The summed E-state index contributed by atoms with van der Waals surface area (Å²) in [7, 11) is 1.64. The van der Waals surface area contributed by atoms with Crippen molar-refractivity contribution in [3.63, 3.8) is 0 Å². The van der Waals surface area contributed by atoms with E-state index in [1.54, 1.807) is 7.11 Å². The number of hydrogen-bond donors (Lipinski definition) is 1. The molecule has 0 saturated carbocycles. The van der Waals surface area contributed by atoms with Crippen molar-refractivity contribution in [2.45, 2.75) is 19.4 Å². The zero-order valence-corrected chi connectivity index (χ0v) is 8.25. The van der Waals surface area contributed by atoms with Crippen LogP contribution in [-0.2, 0) is 13.0 Å². The first-order chi connectivity index (χ1) is 6.85. The van der Waals surface area contributed by atoms with E-state index in [0.29, 0.717) is 0 Å². The third-order valence-electron chi connectivity index (χ3n) is 2.46. The van der Waals surface area contributed by atoms with Gasteiger partial charge >= 0.3 is 0 Å². The summed E-state index contributed by atoms with van der Waals surface area (Å²) in [6.45, 7) is 0.776. The van der Waals surface area contributed by atoms with Crippen LogP contribution in [0.4, 0.5) is 0 Å². The van der Waals surface area contributed by atoms with Crippen LogP contribution in [0.1, 0.15) is 17.5 Å². The highest BCUT2D eigenvalue weighted by atomic mass is 16.5. The van der Waals surface area contributed by atoms with Crippen LogP contribution in [0.3, 0.4) is 0 Å². The van der Waals surface area contributed by atoms with E-state index >= 15 is 0 Å². The fourth-order valence-electron chi connectivity index (χ4n) is 1.75. The maximum atomic E-state index is 9.05. The maximum Gasteiger partial charge on any atom is 0.126 e. The zero-order valence-electron chi connectivity index (χ0n) is 8.25. The van der Waals surface area contributed by atoms with Crippen LogP contribution in [0.25, 0.3) is 0 Å². The van der Waals surface area contributed by atoms with Crippen molar-refractivity contribution in [2.75, 3.05) is 13.7 Å². The average molecular weight is 194 g/mol. The highest BCUT2D eigenvalue weighted by Gasteiger charge is 2.16. The van der Waals surface area contributed by atoms with Gasteiger partial charge in [-0.1, -0.05) is 0 Å². The Morgan fingerprint density at radius 1 is 1.50 bits per heavy atom. The molecule has 0 bridgehead atoms. The molecule has 1 aromatic rings. The largest absolute Gasteiger partial charge is 0.496 e. The van der Waals surface area contributed by atoms with Gasteiger partial charge in [-0.3, -0.25) is 0 Å². The Morgan fingerprint density at radius 3 is 3.07 bits per heavy atom. The van der Waals surface area contributed by atoms with Crippen LogP contribution in [0.2, 0.25) is 0 Å². The summed E-state index contributed by atoms with van der Waals surface area (Å²) < 4.78 is 10.8. The van der Waals surface area contributed by atoms with E-state index in [-0.39, 0.29) is 6.61 Å². The van der Waals surface area contributed by atoms with E-state index in [1.165, 1.54) is 0 Å². The number of rotatable bonds is 2. The van der Waals surface area contributed by atoms with Gasteiger partial charge in [-0.15, -0.1) is 0 Å². The van der Waals surface area contributed by atoms with E-state index in [1.807, 2.05) is 12.1 Å². The molecule has 2 rings (SSSR count). The Labute approximate surface area is 83.3 Å². The Kier molecular flexibility index (Phi) is 2.59. The number of hydrogen-bond acceptors (Lipinski definition) is 3. The molecule has 1 aliphatic rings. The summed E-state index contributed by atoms with van der Waals surface area (Å²) in [4.78, 5) is 0. The van der Waals surface area contributed by atoms with Crippen LogP contribution in [-0.4, -0.2) is 18.8 Å². The number of methoxy groups -OCH3 is 1. The van der Waals surface area contributed by atoms with Crippen molar-refractivity contribution in [3.8, 4) is 11.5 Å². The molecule has 1 aromatic carbocycles. The molecule has 76 valence electrons. The van der Waals surface area contributed by atoms with Crippen molar-refractivity contribution in [2.24, 2.45) is 0 Å². The predicted octanol–water partition coefficient (Wildman–Crippen LogP) is 1.51. The average Bonchev–Trinajstić information content (AvgIpc) is 2.27. The lowest BCUT2D eigenvalue weighted by atomic mass is 10.0. The van der Waals surface area contributed by atoms with Crippen molar-refractivity contribution >= 4 is 0 Å². The summed E-state index contributed by atoms with van der Waals surface area (Å²) in [5, 5.41) is 9.05. The third-order valence-corrected chi connectivity index (χ3v) is 2.46. The van der Waals surface area contributed by atoms with Gasteiger partial charge in [0.1, 0.15) is 11.5 Å². The topological polar surface area (TPSA) is 38.7 Å². The maximum absolute atomic E-state index is 9.05. The second-order valence-corrected chi connectivity index (χ2v) is 3.38. The third kappa shape index (κ3) is 1.55. The Hall–Kier alpha value is -1.22. The van der Waals surface area contributed by atoms with E-state index in [2.05, 4.69) is 0 Å². The normalized spacial score (nSPS) is 14.4. The van der Waals surface area contributed by atoms with Crippen LogP contribution >= 0.6 is 0 Å². The van der Waals surface area contributed by atoms with Crippen LogP contribution < -0.4 is 9.47 Å². The predicted molar refractivity (Wildman–Crippen MR) is 52.7 cm³/mol. The monoisotopic (exact) mass is 194 g/mol. The first-order valence-corrected chi connectivity index (χ1v) is 4.78. The Bertz CT molecular complexity index is 316. The van der Waals surface area contributed by atoms with Gasteiger partial charge in [0.25, 0.3) is 0 Å². The second-order valence-electron chi connectivity index (χ2n) is 3.38. The standard InChI is InChI=1S/C11H14O3/c1-13-10-5-8(7-12)6-11-9(10)3-2-4-14-11/h5-6,12H,2-4,7H2,1H3. The molecule has 3 heteroatoms. The van der Waals surface area contributed by atoms with Crippen LogP contribution in [0.15, 0.2) is 12.1 Å². The van der Waals surface area contributed by atoms with E-state index < -0.39 is 0 Å². The van der Waals surface area contributed by atoms with Crippen molar-refractivity contribution < 1.29 is 14.6 Å². The van der Waals surface area contributed by atoms with E-state index in [0.717, 1.165) is 42.1 Å². The summed E-state index contributed by atoms with van der Waals surface area (Å²) in [5.41, 5.74) is 1.96. The molecule has 0 aliphatic carbocycles. The van der Waals surface area contributed by atoms with Crippen molar-refractivity contribution in [3.05, 3.63) is 23.3 Å². The van der Waals surface area contributed by atoms with Gasteiger partial charge in [-0.2, -0.15) is 0 Å². The molecule has 1 heterocycles. The van der Waals surface area contributed by atoms with Crippen LogP contribution in [0.5, 0.6) is 11.5 Å². The summed E-state index contributed by atoms with van der Waals surface area (Å²) >= 11 is 0. The number of ether oxygens (including phenoxy) is 2. The first-order valence-electron chi connectivity index (χ1n) is 4.78. The van der Waals surface area contributed by atoms with E-state index in [4.69, 9.17) is 14.6 Å². The van der Waals surface area contributed by atoms with Gasteiger partial charge < -0.3 is 14.6 Å². The lowest BCUT2D eigenvalue weighted by molar-refractivity contribution is 0.269. The molecular formula is C11H14O3. The second kappa shape index (κ2) is 3.88. The van der Waals surface area contributed by atoms with Crippen molar-refractivity contribution in [1.82, 2.24) is 0 Å². The molecule has 0 aromatic heterocycles. The van der Waals surface area contributed by atoms with Gasteiger partial charge in [-0.25, -0.2) is 0 Å². The molecule has 0 amide bonds. The summed E-state index contributed by atoms with van der Waals surface area (Å²) in [5.74, 6) is 1.69. The van der Waals surface area contributed by atoms with Gasteiger partial charge in [-0.05, 0) is 30.5 Å². The fourth-order valence-corrected chi connectivity index (χ4v) is 1.75. The molecule has 3 nitrogen and oxygen atoms in total. The molecule has 0 saturated heterocycles. The minimum atomic E-state index is 0.0208. The van der Waals surface area contributed by atoms with Crippen LogP contribution in [0, 0.1) is 0 Å². The molecule has 1 aliphatic heterocycles.